The molecule has 0 amide bonds. The van der Waals surface area contributed by atoms with Crippen molar-refractivity contribution in [2.24, 2.45) is 11.3 Å². The fourth-order valence-corrected chi connectivity index (χ4v) is 2.60. The first-order valence-corrected chi connectivity index (χ1v) is 5.69. The van der Waals surface area contributed by atoms with Crippen LogP contribution in [0.4, 0.5) is 0 Å². The first-order chi connectivity index (χ1) is 6.64. The second kappa shape index (κ2) is 4.79. The maximum absolute atomic E-state index is 8.89. The van der Waals surface area contributed by atoms with Crippen LogP contribution in [-0.4, -0.2) is 13.1 Å². The third-order valence-corrected chi connectivity index (χ3v) is 4.05. The topological polar surface area (TPSA) is 35.8 Å². The highest BCUT2D eigenvalue weighted by Gasteiger charge is 2.37. The van der Waals surface area contributed by atoms with Crippen LogP contribution in [0.2, 0.25) is 0 Å². The highest BCUT2D eigenvalue weighted by Crippen LogP contribution is 2.44. The lowest BCUT2D eigenvalue weighted by Crippen LogP contribution is -2.38. The molecule has 80 valence electrons. The Hall–Kier alpha value is -0.550. The minimum Gasteiger partial charge on any atom is -0.317 e. The molecule has 0 atom stereocenters. The van der Waals surface area contributed by atoms with Gasteiger partial charge in [-0.1, -0.05) is 13.8 Å². The van der Waals surface area contributed by atoms with Crippen molar-refractivity contribution in [2.75, 3.05) is 7.05 Å². The molecule has 1 N–H and O–H groups in total. The first kappa shape index (κ1) is 11.5. The van der Waals surface area contributed by atoms with Crippen LogP contribution >= 0.6 is 0 Å². The van der Waals surface area contributed by atoms with Crippen LogP contribution in [-0.2, 0) is 0 Å². The van der Waals surface area contributed by atoms with Crippen molar-refractivity contribution in [2.45, 2.75) is 52.0 Å². The van der Waals surface area contributed by atoms with E-state index in [-0.39, 0.29) is 0 Å². The molecule has 0 heterocycles. The maximum Gasteiger partial charge on any atom is 0.0627 e. The zero-order chi connectivity index (χ0) is 10.6. The van der Waals surface area contributed by atoms with Crippen molar-refractivity contribution in [1.82, 2.24) is 5.32 Å². The van der Waals surface area contributed by atoms with Gasteiger partial charge >= 0.3 is 0 Å². The minimum atomic E-state index is 0.308. The third kappa shape index (κ3) is 2.27. The molecule has 2 nitrogen and oxygen atoms in total. The Morgan fingerprint density at radius 1 is 1.43 bits per heavy atom. The minimum absolute atomic E-state index is 0.308. The molecule has 0 spiro atoms. The summed E-state index contributed by atoms with van der Waals surface area (Å²) in [6, 6.07) is 3.05. The van der Waals surface area contributed by atoms with E-state index >= 15 is 0 Å². The van der Waals surface area contributed by atoms with Gasteiger partial charge in [-0.15, -0.1) is 0 Å². The second-order valence-corrected chi connectivity index (χ2v) is 4.91. The van der Waals surface area contributed by atoms with Crippen molar-refractivity contribution in [3.63, 3.8) is 0 Å². The van der Waals surface area contributed by atoms with E-state index in [9.17, 15) is 0 Å². The van der Waals surface area contributed by atoms with Crippen molar-refractivity contribution < 1.29 is 0 Å². The monoisotopic (exact) mass is 194 g/mol. The van der Waals surface area contributed by atoms with E-state index in [1.807, 2.05) is 7.05 Å². The van der Waals surface area contributed by atoms with Crippen LogP contribution in [0.1, 0.15) is 46.0 Å². The van der Waals surface area contributed by atoms with Gasteiger partial charge in [0.05, 0.1) is 6.07 Å². The molecular weight excluding hydrogens is 172 g/mol. The molecule has 1 saturated carbocycles. The lowest BCUT2D eigenvalue weighted by atomic mass is 9.64. The molecule has 1 rings (SSSR count). The van der Waals surface area contributed by atoms with Crippen LogP contribution in [0.25, 0.3) is 0 Å². The van der Waals surface area contributed by atoms with Gasteiger partial charge in [0.2, 0.25) is 0 Å². The van der Waals surface area contributed by atoms with Gasteiger partial charge < -0.3 is 5.32 Å². The summed E-state index contributed by atoms with van der Waals surface area (Å²) in [7, 11) is 2.04. The summed E-state index contributed by atoms with van der Waals surface area (Å²) in [4.78, 5) is 0. The molecular formula is C12H22N2. The molecule has 1 aliphatic carbocycles. The van der Waals surface area contributed by atoms with Gasteiger partial charge in [-0.2, -0.15) is 5.26 Å². The maximum atomic E-state index is 8.89. The fourth-order valence-electron chi connectivity index (χ4n) is 2.60. The van der Waals surface area contributed by atoms with E-state index in [2.05, 4.69) is 25.2 Å². The van der Waals surface area contributed by atoms with E-state index in [1.54, 1.807) is 0 Å². The SMILES string of the molecule is CNC1CCC(CC#N)(C(C)C)CC1. The van der Waals surface area contributed by atoms with Gasteiger partial charge in [-0.3, -0.25) is 0 Å². The number of nitrogens with one attached hydrogen (secondary N) is 1. The van der Waals surface area contributed by atoms with Gasteiger partial charge in [0.15, 0.2) is 0 Å². The number of nitriles is 1. The molecule has 2 heteroatoms. The highest BCUT2D eigenvalue weighted by atomic mass is 14.9. The Labute approximate surface area is 87.7 Å². The van der Waals surface area contributed by atoms with Crippen LogP contribution in [0.3, 0.4) is 0 Å². The zero-order valence-electron chi connectivity index (χ0n) is 9.64. The van der Waals surface area contributed by atoms with Gasteiger partial charge in [0.25, 0.3) is 0 Å². The van der Waals surface area contributed by atoms with Crippen molar-refractivity contribution in [3.8, 4) is 6.07 Å². The van der Waals surface area contributed by atoms with Crippen LogP contribution in [0.5, 0.6) is 0 Å². The number of hydrogen-bond acceptors (Lipinski definition) is 2. The number of hydrogen-bond donors (Lipinski definition) is 1. The Kier molecular flexibility index (Phi) is 3.95. The zero-order valence-corrected chi connectivity index (χ0v) is 9.64. The van der Waals surface area contributed by atoms with Gasteiger partial charge in [-0.25, -0.2) is 0 Å². The molecule has 0 aliphatic heterocycles. The van der Waals surface area contributed by atoms with Crippen LogP contribution in [0.15, 0.2) is 0 Å². The van der Waals surface area contributed by atoms with Crippen molar-refractivity contribution in [3.05, 3.63) is 0 Å². The Morgan fingerprint density at radius 2 is 2.00 bits per heavy atom. The summed E-state index contributed by atoms with van der Waals surface area (Å²) in [5.74, 6) is 0.639. The molecule has 14 heavy (non-hydrogen) atoms. The van der Waals surface area contributed by atoms with E-state index in [1.165, 1.54) is 25.7 Å². The van der Waals surface area contributed by atoms with Crippen LogP contribution in [0, 0.1) is 22.7 Å². The number of nitrogens with zero attached hydrogens (tertiary/aromatic N) is 1. The Balaban J connectivity index is 2.60. The van der Waals surface area contributed by atoms with Crippen molar-refractivity contribution in [1.29, 1.82) is 5.26 Å². The Morgan fingerprint density at radius 3 is 2.36 bits per heavy atom. The van der Waals surface area contributed by atoms with Crippen LogP contribution < -0.4 is 5.32 Å². The molecule has 0 unspecified atom stereocenters. The average molecular weight is 194 g/mol. The predicted molar refractivity (Wildman–Crippen MR) is 58.8 cm³/mol. The Bertz CT molecular complexity index is 207. The molecule has 0 aromatic carbocycles. The number of rotatable bonds is 3. The summed E-state index contributed by atoms with van der Waals surface area (Å²) in [6.45, 7) is 4.52. The molecule has 1 fully saturated rings. The van der Waals surface area contributed by atoms with E-state index in [4.69, 9.17) is 5.26 Å². The van der Waals surface area contributed by atoms with E-state index < -0.39 is 0 Å². The lowest BCUT2D eigenvalue weighted by molar-refractivity contribution is 0.108. The van der Waals surface area contributed by atoms with Gasteiger partial charge in [0.1, 0.15) is 0 Å². The standard InChI is InChI=1S/C12H22N2/c1-10(2)12(8-9-13)6-4-11(14-3)5-7-12/h10-11,14H,4-8H2,1-3H3. The summed E-state index contributed by atoms with van der Waals surface area (Å²) < 4.78 is 0. The molecule has 0 aromatic rings. The summed E-state index contributed by atoms with van der Waals surface area (Å²) >= 11 is 0. The predicted octanol–water partition coefficient (Wildman–Crippen LogP) is 2.70. The van der Waals surface area contributed by atoms with Crippen molar-refractivity contribution >= 4 is 0 Å². The molecule has 0 bridgehead atoms. The smallest absolute Gasteiger partial charge is 0.0627 e. The molecule has 0 aromatic heterocycles. The largest absolute Gasteiger partial charge is 0.317 e. The van der Waals surface area contributed by atoms with Gasteiger partial charge in [0, 0.05) is 12.5 Å². The summed E-state index contributed by atoms with van der Waals surface area (Å²) in [5, 5.41) is 12.2. The fraction of sp³-hybridized carbons (Fsp3) is 0.917. The average Bonchev–Trinajstić information content (AvgIpc) is 2.19. The third-order valence-electron chi connectivity index (χ3n) is 4.05. The normalized spacial score (nSPS) is 32.9. The quantitative estimate of drug-likeness (QED) is 0.750. The van der Waals surface area contributed by atoms with Gasteiger partial charge in [-0.05, 0) is 44.1 Å². The summed E-state index contributed by atoms with van der Waals surface area (Å²) in [5.41, 5.74) is 0.308. The molecule has 0 radical (unpaired) electrons. The summed E-state index contributed by atoms with van der Waals surface area (Å²) in [6.07, 6.45) is 5.63. The molecule has 0 saturated heterocycles. The van der Waals surface area contributed by atoms with E-state index in [0.717, 1.165) is 6.42 Å². The second-order valence-electron chi connectivity index (χ2n) is 4.91. The first-order valence-electron chi connectivity index (χ1n) is 5.69. The highest BCUT2D eigenvalue weighted by molar-refractivity contribution is 4.95. The molecule has 1 aliphatic rings. The van der Waals surface area contributed by atoms with E-state index in [0.29, 0.717) is 17.4 Å². The lowest BCUT2D eigenvalue weighted by Gasteiger charge is -2.42.